The highest BCUT2D eigenvalue weighted by Crippen LogP contribution is 2.67. The van der Waals surface area contributed by atoms with Crippen LogP contribution in [0.1, 0.15) is 96.4 Å². The first-order valence-corrected chi connectivity index (χ1v) is 13.1. The van der Waals surface area contributed by atoms with Gasteiger partial charge in [0, 0.05) is 5.41 Å². The van der Waals surface area contributed by atoms with Gasteiger partial charge in [-0.15, -0.1) is 0 Å². The molecule has 8 aliphatic carbocycles. The minimum atomic E-state index is 0.609. The SMILES string of the molecule is CC(CC([n+]1cc[nH]c1)C12CC3CC(CC(C3)C1)C2)C12CC3CC(CC(C3)C1)C2. The molecule has 8 fully saturated rings. The highest BCUT2D eigenvalue weighted by atomic mass is 15.1. The van der Waals surface area contributed by atoms with Crippen molar-refractivity contribution in [3.63, 3.8) is 0 Å². The molecule has 1 N–H and O–H groups in total. The standard InChI is InChI=1S/C27H40N2/c1-18(26-11-19-5-20(12-26)7-21(6-19)13-26)4-25(29-3-2-28-17-29)27-14-22-8-23(15-27)10-24(9-22)16-27/h2-3,17-25H,4-16H2,1H3/p+1. The van der Waals surface area contributed by atoms with E-state index in [0.717, 1.165) is 47.5 Å². The molecule has 0 saturated heterocycles. The fourth-order valence-electron chi connectivity index (χ4n) is 11.1. The van der Waals surface area contributed by atoms with Crippen LogP contribution in [-0.2, 0) is 0 Å². The van der Waals surface area contributed by atoms with Crippen LogP contribution in [0.15, 0.2) is 18.7 Å². The first-order chi connectivity index (χ1) is 14.1. The smallest absolute Gasteiger partial charge is 0.241 e. The molecule has 8 saturated carbocycles. The summed E-state index contributed by atoms with van der Waals surface area (Å²) in [6.07, 6.45) is 27.1. The highest BCUT2D eigenvalue weighted by Gasteiger charge is 2.58. The Kier molecular flexibility index (Phi) is 3.77. The topological polar surface area (TPSA) is 19.7 Å². The number of aromatic amines is 1. The summed E-state index contributed by atoms with van der Waals surface area (Å²) in [7, 11) is 0. The molecule has 1 aromatic heterocycles. The zero-order valence-electron chi connectivity index (χ0n) is 18.5. The summed E-state index contributed by atoms with van der Waals surface area (Å²) in [5, 5.41) is 0. The lowest BCUT2D eigenvalue weighted by Gasteiger charge is -2.61. The van der Waals surface area contributed by atoms with Gasteiger partial charge in [0.1, 0.15) is 18.4 Å². The minimum Gasteiger partial charge on any atom is -0.250 e. The summed E-state index contributed by atoms with van der Waals surface area (Å²) < 4.78 is 2.64. The first-order valence-electron chi connectivity index (χ1n) is 13.1. The number of hydrogen-bond acceptors (Lipinski definition) is 0. The minimum absolute atomic E-state index is 0.609. The molecule has 2 nitrogen and oxygen atoms in total. The van der Waals surface area contributed by atoms with Gasteiger partial charge >= 0.3 is 0 Å². The van der Waals surface area contributed by atoms with Crippen molar-refractivity contribution < 1.29 is 4.57 Å². The number of rotatable bonds is 5. The van der Waals surface area contributed by atoms with Gasteiger partial charge in [0.2, 0.25) is 6.33 Å². The molecular formula is C27H41N2+. The molecule has 0 amide bonds. The number of aromatic nitrogens is 2. The Bertz CT molecular complexity index is 691. The molecule has 2 atom stereocenters. The molecule has 29 heavy (non-hydrogen) atoms. The van der Waals surface area contributed by atoms with Crippen LogP contribution in [0.3, 0.4) is 0 Å². The molecule has 0 radical (unpaired) electrons. The second-order valence-corrected chi connectivity index (χ2v) is 13.3. The molecule has 1 heterocycles. The maximum Gasteiger partial charge on any atom is 0.241 e. The van der Waals surface area contributed by atoms with Gasteiger partial charge in [-0.3, -0.25) is 4.98 Å². The van der Waals surface area contributed by atoms with Crippen molar-refractivity contribution in [2.24, 2.45) is 52.3 Å². The summed E-state index contributed by atoms with van der Waals surface area (Å²) >= 11 is 0. The Morgan fingerprint density at radius 1 is 0.759 bits per heavy atom. The molecule has 9 rings (SSSR count). The summed E-state index contributed by atoms with van der Waals surface area (Å²) in [4.78, 5) is 3.41. The van der Waals surface area contributed by atoms with Crippen molar-refractivity contribution in [2.75, 3.05) is 0 Å². The number of nitrogens with zero attached hydrogens (tertiary/aromatic N) is 1. The van der Waals surface area contributed by atoms with Crippen LogP contribution in [0.4, 0.5) is 0 Å². The molecule has 0 aliphatic heterocycles. The van der Waals surface area contributed by atoms with E-state index in [1.165, 1.54) is 25.7 Å². The van der Waals surface area contributed by atoms with Gasteiger partial charge in [-0.1, -0.05) is 6.92 Å². The molecule has 0 spiro atoms. The van der Waals surface area contributed by atoms with Crippen LogP contribution in [0.25, 0.3) is 0 Å². The third-order valence-corrected chi connectivity index (χ3v) is 11.4. The monoisotopic (exact) mass is 393 g/mol. The maximum atomic E-state index is 3.41. The van der Waals surface area contributed by atoms with E-state index >= 15 is 0 Å². The van der Waals surface area contributed by atoms with Crippen LogP contribution >= 0.6 is 0 Å². The Hall–Kier alpha value is -0.790. The van der Waals surface area contributed by atoms with Crippen molar-refractivity contribution >= 4 is 0 Å². The lowest BCUT2D eigenvalue weighted by Crippen LogP contribution is -2.58. The van der Waals surface area contributed by atoms with Crippen LogP contribution in [0.5, 0.6) is 0 Å². The van der Waals surface area contributed by atoms with Crippen molar-refractivity contribution in [3.8, 4) is 0 Å². The first kappa shape index (κ1) is 17.8. The van der Waals surface area contributed by atoms with Crippen molar-refractivity contribution in [1.82, 2.24) is 4.98 Å². The normalized spacial score (nSPS) is 51.5. The molecule has 2 heteroatoms. The van der Waals surface area contributed by atoms with Crippen LogP contribution in [0, 0.1) is 52.3 Å². The van der Waals surface area contributed by atoms with Gasteiger partial charge in [0.15, 0.2) is 0 Å². The van der Waals surface area contributed by atoms with Crippen molar-refractivity contribution in [3.05, 3.63) is 18.7 Å². The maximum absolute atomic E-state index is 3.41. The molecule has 158 valence electrons. The highest BCUT2D eigenvalue weighted by molar-refractivity contribution is 5.06. The molecule has 2 unspecified atom stereocenters. The van der Waals surface area contributed by atoms with Gasteiger partial charge < -0.3 is 0 Å². The third kappa shape index (κ3) is 2.69. The quantitative estimate of drug-likeness (QED) is 0.566. The largest absolute Gasteiger partial charge is 0.250 e. The zero-order valence-corrected chi connectivity index (χ0v) is 18.5. The molecule has 0 aromatic carbocycles. The number of imidazole rings is 1. The van der Waals surface area contributed by atoms with Crippen LogP contribution < -0.4 is 4.57 Å². The zero-order chi connectivity index (χ0) is 19.2. The fourth-order valence-corrected chi connectivity index (χ4v) is 11.1. The van der Waals surface area contributed by atoms with E-state index in [2.05, 4.69) is 35.2 Å². The van der Waals surface area contributed by atoms with Gasteiger partial charge in [-0.2, -0.15) is 0 Å². The fraction of sp³-hybridized carbons (Fsp3) is 0.889. The number of nitrogens with one attached hydrogen (secondary N) is 1. The van der Waals surface area contributed by atoms with E-state index in [0.29, 0.717) is 10.8 Å². The van der Waals surface area contributed by atoms with Gasteiger partial charge in [-0.05, 0) is 130 Å². The lowest BCUT2D eigenvalue weighted by atomic mass is 9.44. The van der Waals surface area contributed by atoms with Crippen molar-refractivity contribution in [1.29, 1.82) is 0 Å². The van der Waals surface area contributed by atoms with E-state index in [1.54, 1.807) is 57.8 Å². The van der Waals surface area contributed by atoms with Crippen molar-refractivity contribution in [2.45, 2.75) is 96.4 Å². The van der Waals surface area contributed by atoms with E-state index < -0.39 is 0 Å². The Morgan fingerprint density at radius 2 is 1.21 bits per heavy atom. The number of hydrogen-bond donors (Lipinski definition) is 1. The molecule has 1 aromatic rings. The van der Waals surface area contributed by atoms with E-state index in [9.17, 15) is 0 Å². The third-order valence-electron chi connectivity index (χ3n) is 11.4. The summed E-state index contributed by atoms with van der Waals surface area (Å²) in [5.74, 6) is 7.32. The van der Waals surface area contributed by atoms with Crippen LogP contribution in [0.2, 0.25) is 0 Å². The summed E-state index contributed by atoms with van der Waals surface area (Å²) in [6.45, 7) is 2.69. The average Bonchev–Trinajstić information content (AvgIpc) is 3.17. The molecule has 8 aliphatic rings. The van der Waals surface area contributed by atoms with Crippen LogP contribution in [-0.4, -0.2) is 4.98 Å². The Balaban J connectivity index is 1.21. The van der Waals surface area contributed by atoms with E-state index in [-0.39, 0.29) is 0 Å². The Labute approximate surface area is 177 Å². The van der Waals surface area contributed by atoms with E-state index in [4.69, 9.17) is 0 Å². The van der Waals surface area contributed by atoms with E-state index in [1.807, 2.05) is 0 Å². The Morgan fingerprint density at radius 3 is 1.62 bits per heavy atom. The average molecular weight is 394 g/mol. The predicted octanol–water partition coefficient (Wildman–Crippen LogP) is 6.30. The molecular weight excluding hydrogens is 352 g/mol. The molecule has 8 bridgehead atoms. The second kappa shape index (κ2) is 6.13. The number of H-pyrrole nitrogens is 1. The lowest BCUT2D eigenvalue weighted by molar-refractivity contribution is -0.740. The van der Waals surface area contributed by atoms with Gasteiger partial charge in [0.05, 0.1) is 0 Å². The van der Waals surface area contributed by atoms with Gasteiger partial charge in [-0.25, -0.2) is 4.57 Å². The van der Waals surface area contributed by atoms with Gasteiger partial charge in [0.25, 0.3) is 0 Å². The predicted molar refractivity (Wildman–Crippen MR) is 115 cm³/mol. The summed E-state index contributed by atoms with van der Waals surface area (Å²) in [6, 6.07) is 0.741. The second-order valence-electron chi connectivity index (χ2n) is 13.3. The summed E-state index contributed by atoms with van der Waals surface area (Å²) in [5.41, 5.74) is 1.31.